The number of imide groups is 1. The summed E-state index contributed by atoms with van der Waals surface area (Å²) in [5.41, 5.74) is -1.37. The van der Waals surface area contributed by atoms with Gasteiger partial charge >= 0.3 is 12.2 Å². The smallest absolute Gasteiger partial charge is 0.325 e. The van der Waals surface area contributed by atoms with E-state index in [1.165, 1.54) is 11.3 Å². The second-order valence-corrected chi connectivity index (χ2v) is 6.86. The van der Waals surface area contributed by atoms with Gasteiger partial charge in [0, 0.05) is 5.69 Å². The molecule has 27 heavy (non-hydrogen) atoms. The van der Waals surface area contributed by atoms with Gasteiger partial charge in [-0.2, -0.15) is 24.5 Å². The Bertz CT molecular complexity index is 881. The number of urea groups is 1. The molecule has 142 valence electrons. The Kier molecular flexibility index (Phi) is 4.68. The van der Waals surface area contributed by atoms with E-state index in [1.54, 1.807) is 23.8 Å². The molecule has 3 rings (SSSR count). The van der Waals surface area contributed by atoms with Crippen molar-refractivity contribution in [1.82, 2.24) is 10.2 Å². The van der Waals surface area contributed by atoms with Crippen LogP contribution in [0.2, 0.25) is 0 Å². The lowest BCUT2D eigenvalue weighted by Crippen LogP contribution is -2.41. The highest BCUT2D eigenvalue weighted by molar-refractivity contribution is 7.08. The van der Waals surface area contributed by atoms with Crippen LogP contribution in [-0.2, 0) is 21.3 Å². The van der Waals surface area contributed by atoms with E-state index in [0.717, 1.165) is 29.2 Å². The SMILES string of the molecule is CC1(c2ccsc2)NC(=O)N(CC(=O)Nc2ccc(C(F)(F)F)cc2)C1=O. The molecule has 0 bridgehead atoms. The van der Waals surface area contributed by atoms with Crippen molar-refractivity contribution in [1.29, 1.82) is 0 Å². The van der Waals surface area contributed by atoms with Crippen molar-refractivity contribution in [3.8, 4) is 0 Å². The van der Waals surface area contributed by atoms with E-state index in [0.29, 0.717) is 5.56 Å². The molecule has 1 aromatic carbocycles. The number of hydrogen-bond acceptors (Lipinski definition) is 4. The van der Waals surface area contributed by atoms with Crippen molar-refractivity contribution in [2.24, 2.45) is 0 Å². The zero-order valence-electron chi connectivity index (χ0n) is 14.0. The molecule has 1 fully saturated rings. The zero-order chi connectivity index (χ0) is 19.8. The van der Waals surface area contributed by atoms with Gasteiger partial charge in [-0.25, -0.2) is 4.79 Å². The molecular weight excluding hydrogens is 383 g/mol. The number of hydrogen-bond donors (Lipinski definition) is 2. The van der Waals surface area contributed by atoms with E-state index in [2.05, 4.69) is 10.6 Å². The molecule has 0 spiro atoms. The summed E-state index contributed by atoms with van der Waals surface area (Å²) in [6.07, 6.45) is -4.48. The summed E-state index contributed by atoms with van der Waals surface area (Å²) < 4.78 is 37.7. The first kappa shape index (κ1) is 18.9. The zero-order valence-corrected chi connectivity index (χ0v) is 14.8. The maximum absolute atomic E-state index is 12.6. The van der Waals surface area contributed by atoms with Crippen molar-refractivity contribution >= 4 is 34.9 Å². The molecule has 2 aromatic rings. The first-order valence-corrected chi connectivity index (χ1v) is 8.69. The number of alkyl halides is 3. The van der Waals surface area contributed by atoms with E-state index in [-0.39, 0.29) is 5.69 Å². The van der Waals surface area contributed by atoms with Crippen LogP contribution in [0, 0.1) is 0 Å². The Morgan fingerprint density at radius 2 is 1.89 bits per heavy atom. The lowest BCUT2D eigenvalue weighted by atomic mass is 9.95. The van der Waals surface area contributed by atoms with Crippen LogP contribution in [0.5, 0.6) is 0 Å². The Hall–Kier alpha value is -2.88. The third kappa shape index (κ3) is 3.65. The highest BCUT2D eigenvalue weighted by atomic mass is 32.1. The minimum atomic E-state index is -4.48. The highest BCUT2D eigenvalue weighted by Gasteiger charge is 2.49. The molecule has 6 nitrogen and oxygen atoms in total. The van der Waals surface area contributed by atoms with Gasteiger partial charge in [0.15, 0.2) is 0 Å². The number of anilines is 1. The first-order chi connectivity index (χ1) is 12.6. The lowest BCUT2D eigenvalue weighted by molar-refractivity contribution is -0.137. The molecule has 10 heteroatoms. The quantitative estimate of drug-likeness (QED) is 0.778. The normalized spacial score (nSPS) is 19.9. The highest BCUT2D eigenvalue weighted by Crippen LogP contribution is 2.31. The second kappa shape index (κ2) is 6.69. The summed E-state index contributed by atoms with van der Waals surface area (Å²) in [6, 6.07) is 4.85. The van der Waals surface area contributed by atoms with Gasteiger partial charge in [0.1, 0.15) is 12.1 Å². The van der Waals surface area contributed by atoms with Crippen molar-refractivity contribution < 1.29 is 27.6 Å². The van der Waals surface area contributed by atoms with Crippen LogP contribution in [0.4, 0.5) is 23.7 Å². The maximum Gasteiger partial charge on any atom is 0.416 e. The fourth-order valence-corrected chi connectivity index (χ4v) is 3.44. The summed E-state index contributed by atoms with van der Waals surface area (Å²) in [5, 5.41) is 8.43. The van der Waals surface area contributed by atoms with Crippen molar-refractivity contribution in [2.75, 3.05) is 11.9 Å². The fourth-order valence-electron chi connectivity index (χ4n) is 2.67. The number of carbonyl (C=O) groups excluding carboxylic acids is 3. The van der Waals surface area contributed by atoms with E-state index < -0.39 is 41.7 Å². The van der Waals surface area contributed by atoms with Gasteiger partial charge in [-0.05, 0) is 53.6 Å². The van der Waals surface area contributed by atoms with Gasteiger partial charge in [-0.1, -0.05) is 0 Å². The summed E-state index contributed by atoms with van der Waals surface area (Å²) in [5.74, 6) is -1.28. The molecule has 1 unspecified atom stereocenters. The second-order valence-electron chi connectivity index (χ2n) is 6.08. The van der Waals surface area contributed by atoms with E-state index in [9.17, 15) is 27.6 Å². The molecule has 4 amide bonds. The van der Waals surface area contributed by atoms with Gasteiger partial charge in [-0.15, -0.1) is 0 Å². The summed E-state index contributed by atoms with van der Waals surface area (Å²) in [6.45, 7) is 0.995. The van der Waals surface area contributed by atoms with Gasteiger partial charge in [0.25, 0.3) is 5.91 Å². The Morgan fingerprint density at radius 1 is 1.22 bits per heavy atom. The molecule has 1 saturated heterocycles. The molecule has 0 radical (unpaired) electrons. The molecule has 1 atom stereocenters. The minimum absolute atomic E-state index is 0.126. The number of rotatable bonds is 4. The molecule has 1 aliphatic heterocycles. The number of benzene rings is 1. The van der Waals surface area contributed by atoms with Crippen LogP contribution in [0.3, 0.4) is 0 Å². The fraction of sp³-hybridized carbons (Fsp3) is 0.235. The lowest BCUT2D eigenvalue weighted by Gasteiger charge is -2.20. The van der Waals surface area contributed by atoms with Gasteiger partial charge in [0.05, 0.1) is 5.56 Å². The average Bonchev–Trinajstić information content (AvgIpc) is 3.19. The van der Waals surface area contributed by atoms with Gasteiger partial charge < -0.3 is 10.6 Å². The number of nitrogens with zero attached hydrogens (tertiary/aromatic N) is 1. The standard InChI is InChI=1S/C17H14F3N3O3S/c1-16(11-6-7-27-9-11)14(25)23(15(26)22-16)8-13(24)21-12-4-2-10(3-5-12)17(18,19)20/h2-7,9H,8H2,1H3,(H,21,24)(H,22,26). The van der Waals surface area contributed by atoms with E-state index in [1.807, 2.05) is 0 Å². The van der Waals surface area contributed by atoms with Gasteiger partial charge in [-0.3, -0.25) is 14.5 Å². The third-order valence-electron chi connectivity index (χ3n) is 4.17. The van der Waals surface area contributed by atoms with Crippen LogP contribution in [0.15, 0.2) is 41.1 Å². The Morgan fingerprint density at radius 3 is 2.44 bits per heavy atom. The van der Waals surface area contributed by atoms with E-state index >= 15 is 0 Å². The summed E-state index contributed by atoms with van der Waals surface area (Å²) >= 11 is 1.37. The molecule has 2 heterocycles. The maximum atomic E-state index is 12.6. The third-order valence-corrected chi connectivity index (χ3v) is 4.85. The van der Waals surface area contributed by atoms with Crippen molar-refractivity contribution in [3.05, 3.63) is 52.2 Å². The van der Waals surface area contributed by atoms with Crippen molar-refractivity contribution in [2.45, 2.75) is 18.6 Å². The molecule has 0 aliphatic carbocycles. The average molecular weight is 397 g/mol. The monoisotopic (exact) mass is 397 g/mol. The number of carbonyl (C=O) groups is 3. The Balaban J connectivity index is 1.67. The van der Waals surface area contributed by atoms with Crippen LogP contribution in [-0.4, -0.2) is 29.3 Å². The number of nitrogens with one attached hydrogen (secondary N) is 2. The number of thiophene rings is 1. The Labute approximate surface area is 156 Å². The summed E-state index contributed by atoms with van der Waals surface area (Å²) in [7, 11) is 0. The molecule has 1 aliphatic rings. The van der Waals surface area contributed by atoms with Crippen LogP contribution in [0.25, 0.3) is 0 Å². The van der Waals surface area contributed by atoms with Crippen molar-refractivity contribution in [3.63, 3.8) is 0 Å². The predicted octanol–water partition coefficient (Wildman–Crippen LogP) is 3.17. The molecule has 2 N–H and O–H groups in total. The van der Waals surface area contributed by atoms with Crippen LogP contribution < -0.4 is 10.6 Å². The first-order valence-electron chi connectivity index (χ1n) is 7.75. The van der Waals surface area contributed by atoms with Gasteiger partial charge in [0.2, 0.25) is 5.91 Å². The molecule has 1 aromatic heterocycles. The molecular formula is C17H14F3N3O3S. The van der Waals surface area contributed by atoms with Crippen LogP contribution >= 0.6 is 11.3 Å². The number of amides is 4. The minimum Gasteiger partial charge on any atom is -0.325 e. The van der Waals surface area contributed by atoms with E-state index in [4.69, 9.17) is 0 Å². The topological polar surface area (TPSA) is 78.5 Å². The largest absolute Gasteiger partial charge is 0.416 e. The predicted molar refractivity (Wildman–Crippen MR) is 92.0 cm³/mol. The summed E-state index contributed by atoms with van der Waals surface area (Å²) in [4.78, 5) is 37.7. The molecule has 0 saturated carbocycles. The van der Waals surface area contributed by atoms with Crippen LogP contribution in [0.1, 0.15) is 18.1 Å². The number of halogens is 3.